The lowest BCUT2D eigenvalue weighted by Crippen LogP contribution is -2.43. The molecule has 4 aromatic rings. The SMILES string of the molecule is CCCCOc1nc(N)c2[nH]c(=O)n(Cc3ccc(CN4CCC(CCNC(=O)[C@@H](N)Cc5ccc(N)cc5)CC4)cc3)c2n1. The van der Waals surface area contributed by atoms with Crippen molar-refractivity contribution >= 4 is 28.6 Å². The lowest BCUT2D eigenvalue weighted by Gasteiger charge is -2.32. The van der Waals surface area contributed by atoms with Crippen LogP contribution in [0, 0.1) is 5.92 Å². The summed E-state index contributed by atoms with van der Waals surface area (Å²) in [6.45, 7) is 6.49. The first-order valence-electron chi connectivity index (χ1n) is 15.9. The average molecular weight is 616 g/mol. The van der Waals surface area contributed by atoms with Crippen LogP contribution < -0.4 is 32.9 Å². The van der Waals surface area contributed by atoms with Crippen LogP contribution in [0.5, 0.6) is 6.01 Å². The molecule has 1 saturated heterocycles. The van der Waals surface area contributed by atoms with Gasteiger partial charge >= 0.3 is 11.7 Å². The number of unbranched alkanes of at least 4 members (excludes halogenated alkanes) is 1. The van der Waals surface area contributed by atoms with Gasteiger partial charge in [-0.25, -0.2) is 4.79 Å². The first-order valence-corrected chi connectivity index (χ1v) is 15.9. The third-order valence-electron chi connectivity index (χ3n) is 8.46. The molecule has 8 N–H and O–H groups in total. The summed E-state index contributed by atoms with van der Waals surface area (Å²) in [6.07, 6.45) is 5.53. The van der Waals surface area contributed by atoms with Crippen molar-refractivity contribution in [1.29, 1.82) is 0 Å². The van der Waals surface area contributed by atoms with Gasteiger partial charge in [0.2, 0.25) is 5.91 Å². The molecule has 0 bridgehead atoms. The molecule has 0 saturated carbocycles. The van der Waals surface area contributed by atoms with Gasteiger partial charge in [0, 0.05) is 18.8 Å². The van der Waals surface area contributed by atoms with E-state index >= 15 is 0 Å². The highest BCUT2D eigenvalue weighted by Gasteiger charge is 2.21. The smallest absolute Gasteiger partial charge is 0.328 e. The van der Waals surface area contributed by atoms with E-state index in [4.69, 9.17) is 21.9 Å². The number of hydrogen-bond acceptors (Lipinski definition) is 9. The summed E-state index contributed by atoms with van der Waals surface area (Å²) in [5.74, 6) is 0.670. The van der Waals surface area contributed by atoms with Crippen LogP contribution in [0.2, 0.25) is 0 Å². The van der Waals surface area contributed by atoms with E-state index in [-0.39, 0.29) is 23.4 Å². The van der Waals surface area contributed by atoms with Crippen molar-refractivity contribution in [3.05, 3.63) is 75.7 Å². The third kappa shape index (κ3) is 8.61. The second-order valence-corrected chi connectivity index (χ2v) is 12.0. The number of carbonyl (C=O) groups is 1. The third-order valence-corrected chi connectivity index (χ3v) is 8.46. The Labute approximate surface area is 263 Å². The van der Waals surface area contributed by atoms with Crippen LogP contribution >= 0.6 is 0 Å². The van der Waals surface area contributed by atoms with Crippen molar-refractivity contribution in [1.82, 2.24) is 29.7 Å². The van der Waals surface area contributed by atoms with Crippen LogP contribution in [0.4, 0.5) is 11.5 Å². The van der Waals surface area contributed by atoms with Gasteiger partial charge in [0.1, 0.15) is 5.52 Å². The minimum absolute atomic E-state index is 0.110. The minimum atomic E-state index is -0.569. The van der Waals surface area contributed by atoms with Gasteiger partial charge < -0.3 is 32.2 Å². The molecule has 2 aromatic heterocycles. The second kappa shape index (κ2) is 15.0. The fourth-order valence-corrected chi connectivity index (χ4v) is 5.70. The molecule has 2 aromatic carbocycles. The quantitative estimate of drug-likeness (QED) is 0.105. The molecule has 0 aliphatic carbocycles. The van der Waals surface area contributed by atoms with Crippen molar-refractivity contribution in [2.45, 2.75) is 64.6 Å². The molecule has 45 heavy (non-hydrogen) atoms. The summed E-state index contributed by atoms with van der Waals surface area (Å²) in [6, 6.07) is 15.4. The zero-order chi connectivity index (χ0) is 31.8. The summed E-state index contributed by atoms with van der Waals surface area (Å²) in [5.41, 5.74) is 22.4. The number of nitrogens with two attached hydrogens (primary N) is 3. The number of rotatable bonds is 14. The van der Waals surface area contributed by atoms with Crippen molar-refractivity contribution in [3.63, 3.8) is 0 Å². The zero-order valence-electron chi connectivity index (χ0n) is 26.0. The first kappa shape index (κ1) is 32.0. The Balaban J connectivity index is 1.06. The lowest BCUT2D eigenvalue weighted by atomic mass is 9.93. The Hall–Kier alpha value is -4.42. The van der Waals surface area contributed by atoms with Crippen molar-refractivity contribution in [2.24, 2.45) is 11.7 Å². The Morgan fingerprint density at radius 2 is 1.69 bits per heavy atom. The van der Waals surface area contributed by atoms with Gasteiger partial charge in [0.15, 0.2) is 11.5 Å². The summed E-state index contributed by atoms with van der Waals surface area (Å²) < 4.78 is 7.21. The van der Waals surface area contributed by atoms with E-state index in [0.717, 1.165) is 62.9 Å². The fraction of sp³-hybridized carbons (Fsp3) is 0.455. The van der Waals surface area contributed by atoms with Crippen LogP contribution in [0.15, 0.2) is 53.3 Å². The van der Waals surface area contributed by atoms with Gasteiger partial charge in [-0.05, 0) is 79.9 Å². The van der Waals surface area contributed by atoms with E-state index in [0.29, 0.717) is 48.9 Å². The zero-order valence-corrected chi connectivity index (χ0v) is 26.0. The predicted octanol–water partition coefficient (Wildman–Crippen LogP) is 2.80. The van der Waals surface area contributed by atoms with E-state index in [1.807, 2.05) is 24.3 Å². The topological polar surface area (TPSA) is 183 Å². The molecule has 0 spiro atoms. The summed E-state index contributed by atoms with van der Waals surface area (Å²) in [7, 11) is 0. The average Bonchev–Trinajstić information content (AvgIpc) is 3.35. The maximum atomic E-state index is 12.7. The summed E-state index contributed by atoms with van der Waals surface area (Å²) >= 11 is 0. The highest BCUT2D eigenvalue weighted by Crippen LogP contribution is 2.22. The number of nitrogens with zero attached hydrogens (tertiary/aromatic N) is 4. The van der Waals surface area contributed by atoms with Gasteiger partial charge in [-0.15, -0.1) is 0 Å². The molecule has 1 aliphatic rings. The molecule has 1 fully saturated rings. The Morgan fingerprint density at radius 3 is 2.38 bits per heavy atom. The lowest BCUT2D eigenvalue weighted by molar-refractivity contribution is -0.122. The molecule has 12 heteroatoms. The normalized spacial score (nSPS) is 14.9. The van der Waals surface area contributed by atoms with E-state index in [1.54, 1.807) is 4.57 Å². The second-order valence-electron chi connectivity index (χ2n) is 12.0. The van der Waals surface area contributed by atoms with E-state index in [9.17, 15) is 9.59 Å². The van der Waals surface area contributed by atoms with E-state index < -0.39 is 6.04 Å². The Morgan fingerprint density at radius 1 is 1.02 bits per heavy atom. The largest absolute Gasteiger partial charge is 0.463 e. The predicted molar refractivity (Wildman–Crippen MR) is 177 cm³/mol. The standard InChI is InChI=1S/C33H45N9O3/c1-2-3-18-45-32-39-29(36)28-30(40-32)42(33(44)38-28)21-25-6-4-24(5-7-25)20-41-16-13-22(14-17-41)12-15-37-31(43)27(35)19-23-8-10-26(34)11-9-23/h4-11,22,27H,2-3,12-21,34-35H2,1H3,(H,37,43)(H,38,44)(H2,36,39,40)/t27-/m0/s1. The van der Waals surface area contributed by atoms with Gasteiger partial charge in [0.25, 0.3) is 0 Å². The number of nitrogens with one attached hydrogen (secondary N) is 2. The van der Waals surface area contributed by atoms with Gasteiger partial charge in [-0.1, -0.05) is 49.7 Å². The number of likely N-dealkylation sites (tertiary alicyclic amines) is 1. The van der Waals surface area contributed by atoms with Crippen LogP contribution in [-0.4, -0.2) is 62.6 Å². The number of fused-ring (bicyclic) bond motifs is 1. The number of amides is 1. The number of ether oxygens (including phenoxy) is 1. The summed E-state index contributed by atoms with van der Waals surface area (Å²) in [5, 5.41) is 3.02. The monoisotopic (exact) mass is 615 g/mol. The van der Waals surface area contributed by atoms with Crippen LogP contribution in [0.3, 0.4) is 0 Å². The molecule has 0 unspecified atom stereocenters. The molecule has 3 heterocycles. The fourth-order valence-electron chi connectivity index (χ4n) is 5.70. The van der Waals surface area contributed by atoms with Crippen LogP contribution in [-0.2, 0) is 24.3 Å². The highest BCUT2D eigenvalue weighted by atomic mass is 16.5. The Bertz CT molecular complexity index is 1610. The van der Waals surface area contributed by atoms with Gasteiger partial charge in [-0.3, -0.25) is 14.3 Å². The number of aromatic nitrogens is 4. The van der Waals surface area contributed by atoms with Crippen molar-refractivity contribution < 1.29 is 9.53 Å². The highest BCUT2D eigenvalue weighted by molar-refractivity contribution is 5.82. The molecule has 12 nitrogen and oxygen atoms in total. The molecule has 5 rings (SSSR count). The number of H-pyrrole nitrogens is 1. The maximum absolute atomic E-state index is 12.7. The number of aromatic amines is 1. The number of nitrogen functional groups attached to an aromatic ring is 2. The van der Waals surface area contributed by atoms with Crippen molar-refractivity contribution in [3.8, 4) is 6.01 Å². The maximum Gasteiger partial charge on any atom is 0.328 e. The Kier molecular flexibility index (Phi) is 10.7. The number of piperidine rings is 1. The molecule has 1 amide bonds. The van der Waals surface area contributed by atoms with E-state index in [2.05, 4.69) is 56.4 Å². The van der Waals surface area contributed by atoms with E-state index in [1.165, 1.54) is 5.56 Å². The summed E-state index contributed by atoms with van der Waals surface area (Å²) in [4.78, 5) is 39.1. The van der Waals surface area contributed by atoms with Crippen molar-refractivity contribution in [2.75, 3.05) is 37.7 Å². The van der Waals surface area contributed by atoms with Gasteiger partial charge in [-0.2, -0.15) is 9.97 Å². The minimum Gasteiger partial charge on any atom is -0.463 e. The number of benzene rings is 2. The molecular weight excluding hydrogens is 570 g/mol. The number of anilines is 2. The number of imidazole rings is 1. The van der Waals surface area contributed by atoms with Crippen LogP contribution in [0.1, 0.15) is 55.7 Å². The van der Waals surface area contributed by atoms with Crippen LogP contribution in [0.25, 0.3) is 11.2 Å². The first-order chi connectivity index (χ1) is 21.8. The molecule has 1 aliphatic heterocycles. The molecule has 0 radical (unpaired) electrons. The molecular formula is C33H45N9O3. The number of carbonyl (C=O) groups excluding carboxylic acids is 1. The molecule has 1 atom stereocenters. The molecule has 240 valence electrons. The van der Waals surface area contributed by atoms with Gasteiger partial charge in [0.05, 0.1) is 19.2 Å². The number of hydrogen-bond donors (Lipinski definition) is 5.